The number of rotatable bonds is 28. The van der Waals surface area contributed by atoms with Gasteiger partial charge in [0.15, 0.2) is 18.2 Å². The summed E-state index contributed by atoms with van der Waals surface area (Å²) in [6.07, 6.45) is 26.3. The van der Waals surface area contributed by atoms with Gasteiger partial charge in [0.05, 0.1) is 49.5 Å². The first-order valence-electron chi connectivity index (χ1n) is 45.7. The lowest BCUT2D eigenvalue weighted by Crippen LogP contribution is -2.61. The minimum atomic E-state index is -1.74. The van der Waals surface area contributed by atoms with Gasteiger partial charge < -0.3 is 77.7 Å². The number of nitrogens with zero attached hydrogens (tertiary/aromatic N) is 3. The second-order valence-electron chi connectivity index (χ2n) is 37.4. The van der Waals surface area contributed by atoms with Gasteiger partial charge in [0.25, 0.3) is 5.91 Å². The zero-order valence-corrected chi connectivity index (χ0v) is 75.5. The smallest absolute Gasteiger partial charge is 0.407 e. The maximum Gasteiger partial charge on any atom is 0.407 e. The van der Waals surface area contributed by atoms with E-state index in [0.717, 1.165) is 64.7 Å². The summed E-state index contributed by atoms with van der Waals surface area (Å²) in [6.45, 7) is 14.2. The number of hydrogen-bond donors (Lipinski definition) is 13. The number of allylic oxidation sites excluding steroid dienone is 4. The molecular weight excluding hydrogens is 1630 g/mol. The Balaban J connectivity index is 0.776. The fraction of sp³-hybridized carbons (Fsp3) is 0.621. The molecule has 3 saturated carbocycles. The van der Waals surface area contributed by atoms with E-state index in [9.17, 15) is 44.1 Å². The number of ether oxygens (including phenoxy) is 1. The Kier molecular flexibility index (Phi) is 33.6. The lowest BCUT2D eigenvalue weighted by atomic mass is 9.47. The molecule has 3 saturated heterocycles. The maximum absolute atomic E-state index is 15.6. The van der Waals surface area contributed by atoms with Crippen LogP contribution in [0, 0.1) is 52.3 Å². The van der Waals surface area contributed by atoms with Crippen LogP contribution in [0.2, 0.25) is 0 Å². The average Bonchev–Trinajstić information content (AvgIpc) is 1.65. The van der Waals surface area contributed by atoms with Crippen molar-refractivity contribution in [2.24, 2.45) is 59.3 Å². The third-order valence-corrected chi connectivity index (χ3v) is 30.8. The number of fused-ring (bicyclic) bond motifs is 6. The van der Waals surface area contributed by atoms with E-state index in [4.69, 9.17) is 4.74 Å². The summed E-state index contributed by atoms with van der Waals surface area (Å²) in [6, 6.07) is 7.59. The van der Waals surface area contributed by atoms with E-state index in [0.29, 0.717) is 78.0 Å². The van der Waals surface area contributed by atoms with Crippen LogP contribution < -0.4 is 57.7 Å². The Bertz CT molecular complexity index is 4420. The van der Waals surface area contributed by atoms with Gasteiger partial charge in [-0.25, -0.2) is 9.36 Å². The Morgan fingerprint density at radius 1 is 0.704 bits per heavy atom. The number of aliphatic hydroxyl groups is 3. The van der Waals surface area contributed by atoms with Gasteiger partial charge in [-0.05, 0) is 192 Å². The SMILES string of the molecule is CC(C)CCCC(C)C1CCC2C3CC=C4CC[C@@H](OC(=O)NCCCCC5NCC(=O)C(CC6=CNC7C=CC=CC67)NC(=O)C(Cc6ccccc6)NC(=O)C(NC(=O)C(Cc6ccccc6)NC(=O)C6CCCN6C(=O)C6CCCN6C(=O)c6ccc[n+](C)c6)CSSCC(C(=O)NC(CO)C(C)O)NC(=O)C(C(C)O)NC5=O)CC4(C)C3CCC12C. The van der Waals surface area contributed by atoms with Crippen LogP contribution in [0.4, 0.5) is 4.79 Å². The second kappa shape index (κ2) is 44.2. The Morgan fingerprint density at radius 3 is 2.14 bits per heavy atom. The molecule has 28 nitrogen and oxygen atoms in total. The van der Waals surface area contributed by atoms with E-state index < -0.39 is 145 Å². The van der Waals surface area contributed by atoms with Gasteiger partial charge >= 0.3 is 6.09 Å². The highest BCUT2D eigenvalue weighted by molar-refractivity contribution is 8.76. The molecular formula is C95H134N13O15S2+. The maximum atomic E-state index is 15.6. The average molecular weight is 1760 g/mol. The molecule has 30 heteroatoms. The zero-order valence-electron chi connectivity index (χ0n) is 73.9. The molecule has 4 aliphatic heterocycles. The van der Waals surface area contributed by atoms with Crippen molar-refractivity contribution in [3.63, 3.8) is 0 Å². The predicted molar refractivity (Wildman–Crippen MR) is 479 cm³/mol. The normalized spacial score (nSPS) is 30.4. The lowest BCUT2D eigenvalue weighted by Gasteiger charge is -2.58. The minimum Gasteiger partial charge on any atom is -0.446 e. The van der Waals surface area contributed by atoms with Crippen LogP contribution in [-0.4, -0.2) is 219 Å². The number of likely N-dealkylation sites (tertiary alicyclic amines) is 2. The van der Waals surface area contributed by atoms with Gasteiger partial charge in [-0.15, -0.1) is 0 Å². The van der Waals surface area contributed by atoms with Crippen molar-refractivity contribution < 1.29 is 77.4 Å². The molecule has 13 N–H and O–H groups in total. The first kappa shape index (κ1) is 95.2. The number of aryl methyl sites for hydroxylation is 1. The number of nitrogens with one attached hydrogen (secondary N) is 10. The van der Waals surface area contributed by atoms with Crippen molar-refractivity contribution in [3.05, 3.63) is 150 Å². The van der Waals surface area contributed by atoms with Gasteiger partial charge in [-0.2, -0.15) is 0 Å². The van der Waals surface area contributed by atoms with Crippen LogP contribution >= 0.6 is 21.6 Å². The summed E-state index contributed by atoms with van der Waals surface area (Å²) >= 11 is 0. The van der Waals surface area contributed by atoms with E-state index in [1.807, 2.05) is 24.3 Å². The Labute approximate surface area is 744 Å². The number of unbranched alkanes of at least 4 members (excludes halogenated alkanes) is 1. The topological polar surface area (TPSA) is 388 Å². The van der Waals surface area contributed by atoms with Crippen molar-refractivity contribution in [1.82, 2.24) is 63.0 Å². The van der Waals surface area contributed by atoms with Crippen LogP contribution in [0.5, 0.6) is 0 Å². The molecule has 680 valence electrons. The van der Waals surface area contributed by atoms with E-state index in [2.05, 4.69) is 93.9 Å². The molecule has 21 unspecified atom stereocenters. The van der Waals surface area contributed by atoms with Crippen LogP contribution in [0.3, 0.4) is 0 Å². The molecule has 6 fully saturated rings. The fourth-order valence-electron chi connectivity index (χ4n) is 21.4. The highest BCUT2D eigenvalue weighted by atomic mass is 33.1. The second-order valence-corrected chi connectivity index (χ2v) is 40.0. The van der Waals surface area contributed by atoms with E-state index in [1.54, 1.807) is 108 Å². The molecule has 125 heavy (non-hydrogen) atoms. The Morgan fingerprint density at radius 2 is 1.42 bits per heavy atom. The summed E-state index contributed by atoms with van der Waals surface area (Å²) in [4.78, 5) is 167. The van der Waals surface area contributed by atoms with Crippen LogP contribution in [0.1, 0.15) is 192 Å². The van der Waals surface area contributed by atoms with Gasteiger partial charge in [0, 0.05) is 56.0 Å². The number of ketones is 1. The van der Waals surface area contributed by atoms with Crippen molar-refractivity contribution in [2.45, 2.75) is 268 Å². The summed E-state index contributed by atoms with van der Waals surface area (Å²) in [7, 11) is 3.74. The molecule has 5 heterocycles. The first-order valence-corrected chi connectivity index (χ1v) is 48.2. The van der Waals surface area contributed by atoms with Crippen molar-refractivity contribution in [3.8, 4) is 0 Å². The first-order chi connectivity index (χ1) is 60.0. The van der Waals surface area contributed by atoms with Gasteiger partial charge in [0.2, 0.25) is 47.3 Å². The van der Waals surface area contributed by atoms with Crippen LogP contribution in [0.15, 0.2) is 133 Å². The van der Waals surface area contributed by atoms with Crippen LogP contribution in [0.25, 0.3) is 0 Å². The van der Waals surface area contributed by atoms with Crippen LogP contribution in [-0.2, 0) is 67.8 Å². The number of Topliss-reactive ketones (excluding diaryl/α,β-unsaturated/α-hetero) is 1. The number of aromatic nitrogens is 1. The van der Waals surface area contributed by atoms with Gasteiger partial charge in [-0.1, -0.05) is 172 Å². The molecule has 0 radical (unpaired) electrons. The molecule has 9 aliphatic rings. The molecule has 0 spiro atoms. The largest absolute Gasteiger partial charge is 0.446 e. The van der Waals surface area contributed by atoms with Crippen molar-refractivity contribution in [1.29, 1.82) is 0 Å². The standard InChI is InChI=1S/C95H133N13O15S2/c1-57(2)23-19-24-58(3)69-39-40-70-68-38-36-65-35-37-66(50-95(65,7)71(68)41-42-94(69,70)6)123-93(122)96-43-18-17-32-73-84(113)105-83(60(5)111)90(119)104-79(88(117)102-77(54-109)59(4)110)56-125-124-55-78(87(116)100-75(47-61-25-11-9-12-26-61)85(114)99-74(82(112)52-98-73)49-64-51-97-72-31-16-15-30-67(64)72)103-86(115)76(48-62-27-13-10-14-28-62)101-89(118)80-33-21-45-107(80)92(121)81-34-22-46-108(81)91(120)63-29-20-44-106(8)53-63/h9-16,20,25-31,36,44,51,53,57-60,66-81,83,97-98,109-111H,17-19,21-24,32-35,37-43,45-50,52,54-56H2,1-8H3,(H7-,96,99,100,101,102,103,104,105,113,114,115,116,117,118,119,122)/p+1/t58?,59?,60?,66-,67?,68?,69?,70?,71?,72?,73?,74?,75?,76?,77?,78?,79?,80?,81?,83?,94?,95?/m1/s1. The van der Waals surface area contributed by atoms with E-state index in [-0.39, 0.29) is 92.5 Å². The summed E-state index contributed by atoms with van der Waals surface area (Å²) in [5.41, 5.74) is 4.16. The highest BCUT2D eigenvalue weighted by Crippen LogP contribution is 2.67. The molecule has 22 atom stereocenters. The monoisotopic (exact) mass is 1760 g/mol. The fourth-order valence-corrected chi connectivity index (χ4v) is 23.8. The summed E-state index contributed by atoms with van der Waals surface area (Å²) < 4.78 is 8.04. The van der Waals surface area contributed by atoms with Gasteiger partial charge in [-0.3, -0.25) is 53.3 Å². The quantitative estimate of drug-likeness (QED) is 0.0151. The third-order valence-electron chi connectivity index (χ3n) is 28.3. The Hall–Kier alpha value is -8.94. The van der Waals surface area contributed by atoms with Crippen molar-refractivity contribution >= 4 is 86.6 Å². The molecule has 2 aromatic carbocycles. The number of benzene rings is 2. The third kappa shape index (κ3) is 24.1. The number of pyridine rings is 1. The molecule has 5 aliphatic carbocycles. The summed E-state index contributed by atoms with van der Waals surface area (Å²) in [5, 5.41) is 61.5. The molecule has 10 amide bonds. The predicted octanol–water partition coefficient (Wildman–Crippen LogP) is 6.96. The number of carbonyl (C=O) groups excluding carboxylic acids is 11. The molecule has 3 aromatic rings. The van der Waals surface area contributed by atoms with Crippen molar-refractivity contribution in [2.75, 3.05) is 44.3 Å². The highest BCUT2D eigenvalue weighted by Gasteiger charge is 2.60. The van der Waals surface area contributed by atoms with Gasteiger partial charge in [0.1, 0.15) is 61.0 Å². The number of amides is 10. The zero-order chi connectivity index (χ0) is 89.2. The molecule has 0 bridgehead atoms. The molecule has 12 rings (SSSR count). The number of alkyl carbamates (subject to hydrolysis) is 1. The van der Waals surface area contributed by atoms with E-state index in [1.165, 1.54) is 69.3 Å². The molecule has 1 aromatic heterocycles. The minimum absolute atomic E-state index is 0.0231. The number of carbonyl (C=O) groups is 11. The lowest BCUT2D eigenvalue weighted by molar-refractivity contribution is -0.671. The van der Waals surface area contributed by atoms with E-state index >= 15 is 24.0 Å². The number of hydrogen-bond acceptors (Lipinski definition) is 19. The summed E-state index contributed by atoms with van der Waals surface area (Å²) in [5.74, 6) is -4.02. The number of aliphatic hydroxyl groups excluding tert-OH is 3.